The van der Waals surface area contributed by atoms with E-state index in [1.807, 2.05) is 0 Å². The minimum Gasteiger partial charge on any atom is -0.391 e. The number of alkyl halides is 7. The summed E-state index contributed by atoms with van der Waals surface area (Å²) in [6, 6.07) is 2.13. The molecule has 3 aliphatic rings. The van der Waals surface area contributed by atoms with Crippen molar-refractivity contribution in [3.8, 4) is 0 Å². The van der Waals surface area contributed by atoms with Crippen LogP contribution >= 0.6 is 0 Å². The van der Waals surface area contributed by atoms with Gasteiger partial charge >= 0.3 is 18.0 Å². The van der Waals surface area contributed by atoms with Gasteiger partial charge in [-0.05, 0) is 67.9 Å². The third-order valence-corrected chi connectivity index (χ3v) is 7.43. The lowest BCUT2D eigenvalue weighted by Gasteiger charge is -2.34. The largest absolute Gasteiger partial charge is 0.435 e. The molecule has 32 heavy (non-hydrogen) atoms. The molecule has 2 N–H and O–H groups in total. The molecule has 0 heterocycles. The lowest BCUT2D eigenvalue weighted by atomic mass is 9.73. The molecule has 0 saturated heterocycles. The van der Waals surface area contributed by atoms with Crippen molar-refractivity contribution in [3.63, 3.8) is 0 Å². The van der Waals surface area contributed by atoms with Gasteiger partial charge < -0.3 is 10.4 Å². The molecule has 0 spiro atoms. The predicted octanol–water partition coefficient (Wildman–Crippen LogP) is 5.06. The number of hydrogen-bond donors (Lipinski definition) is 2. The van der Waals surface area contributed by atoms with E-state index < -0.39 is 29.7 Å². The maximum absolute atomic E-state index is 14.4. The van der Waals surface area contributed by atoms with E-state index in [1.54, 1.807) is 0 Å². The summed E-state index contributed by atoms with van der Waals surface area (Å²) in [6.45, 7) is 0. The van der Waals surface area contributed by atoms with Crippen molar-refractivity contribution in [3.05, 3.63) is 34.9 Å². The molecule has 2 fully saturated rings. The summed E-state index contributed by atoms with van der Waals surface area (Å²) in [6.07, 6.45) is -9.00. The van der Waals surface area contributed by atoms with Crippen LogP contribution in [-0.4, -0.2) is 35.5 Å². The van der Waals surface area contributed by atoms with Gasteiger partial charge in [-0.25, -0.2) is 4.39 Å². The van der Waals surface area contributed by atoms with E-state index in [2.05, 4.69) is 5.32 Å². The number of fused-ring (bicyclic) bond motifs is 3. The Labute approximate surface area is 180 Å². The summed E-state index contributed by atoms with van der Waals surface area (Å²) in [4.78, 5) is 12.8. The van der Waals surface area contributed by atoms with Crippen LogP contribution in [0, 0.1) is 11.8 Å². The van der Waals surface area contributed by atoms with Crippen LogP contribution in [0.5, 0.6) is 0 Å². The molecular formula is C22H24F7NO2. The predicted molar refractivity (Wildman–Crippen MR) is 100 cm³/mol. The Kier molecular flexibility index (Phi) is 5.75. The van der Waals surface area contributed by atoms with Crippen molar-refractivity contribution in [2.45, 2.75) is 81.0 Å². The molecule has 0 radical (unpaired) electrons. The highest BCUT2D eigenvalue weighted by Gasteiger charge is 2.73. The van der Waals surface area contributed by atoms with E-state index in [-0.39, 0.29) is 41.7 Å². The second-order valence-electron chi connectivity index (χ2n) is 9.17. The van der Waals surface area contributed by atoms with Gasteiger partial charge in [-0.2, -0.15) is 26.3 Å². The fourth-order valence-corrected chi connectivity index (χ4v) is 5.79. The molecule has 5 atom stereocenters. The zero-order valence-electron chi connectivity index (χ0n) is 17.1. The monoisotopic (exact) mass is 467 g/mol. The summed E-state index contributed by atoms with van der Waals surface area (Å²) >= 11 is 0. The van der Waals surface area contributed by atoms with E-state index >= 15 is 0 Å². The smallest absolute Gasteiger partial charge is 0.391 e. The van der Waals surface area contributed by atoms with Gasteiger partial charge in [-0.3, -0.25) is 4.79 Å². The first-order valence-electron chi connectivity index (χ1n) is 10.8. The lowest BCUT2D eigenvalue weighted by molar-refractivity contribution is -0.348. The zero-order valence-corrected chi connectivity index (χ0v) is 17.1. The minimum atomic E-state index is -6.14. The van der Waals surface area contributed by atoms with Crippen molar-refractivity contribution >= 4 is 5.91 Å². The van der Waals surface area contributed by atoms with E-state index in [9.17, 15) is 40.6 Å². The number of rotatable bonds is 3. The SMILES string of the molecule is O=C(N[C@@H]1CCCC1O)[C@@H]1CCC2c3ccc(C(F)(C(F)(F)F)C(F)(F)F)cc3CCC21. The van der Waals surface area contributed by atoms with Gasteiger partial charge in [0.1, 0.15) is 0 Å². The average molecular weight is 467 g/mol. The molecule has 3 unspecified atom stereocenters. The Hall–Kier alpha value is -1.84. The van der Waals surface area contributed by atoms with Crippen LogP contribution in [0.2, 0.25) is 0 Å². The standard InChI is InChI=1S/C22H24F7NO2/c23-20(21(24,25)26,22(27,28)29)12-5-7-13-11(10-12)4-6-15-14(13)8-9-16(15)19(32)30-17-2-1-3-18(17)31/h5,7,10,14-18,31H,1-4,6,8-9H2,(H,30,32)/t14?,15?,16-,17-,18?/m1/s1. The van der Waals surface area contributed by atoms with E-state index in [1.165, 1.54) is 0 Å². The maximum atomic E-state index is 14.4. The third kappa shape index (κ3) is 3.68. The number of benzene rings is 1. The topological polar surface area (TPSA) is 49.3 Å². The molecule has 0 aromatic heterocycles. The van der Waals surface area contributed by atoms with Gasteiger partial charge in [0.2, 0.25) is 5.91 Å². The van der Waals surface area contributed by atoms with Gasteiger partial charge in [-0.1, -0.05) is 18.2 Å². The number of carbonyl (C=O) groups is 1. The van der Waals surface area contributed by atoms with Gasteiger partial charge in [0.15, 0.2) is 0 Å². The van der Waals surface area contributed by atoms with E-state index in [0.717, 1.165) is 12.5 Å². The molecule has 1 aromatic rings. The van der Waals surface area contributed by atoms with Crippen LogP contribution in [0.3, 0.4) is 0 Å². The van der Waals surface area contributed by atoms with Crippen molar-refractivity contribution in [2.24, 2.45) is 11.8 Å². The first-order chi connectivity index (χ1) is 14.8. The van der Waals surface area contributed by atoms with Crippen molar-refractivity contribution in [1.29, 1.82) is 0 Å². The summed E-state index contributed by atoms with van der Waals surface area (Å²) < 4.78 is 93.1. The molecule has 10 heteroatoms. The minimum absolute atomic E-state index is 0.0905. The normalized spacial score (nSPS) is 30.7. The molecule has 1 amide bonds. The average Bonchev–Trinajstić information content (AvgIpc) is 3.31. The Balaban J connectivity index is 1.57. The molecule has 178 valence electrons. The lowest BCUT2D eigenvalue weighted by Crippen LogP contribution is -2.50. The first-order valence-corrected chi connectivity index (χ1v) is 10.8. The number of aliphatic hydroxyl groups excluding tert-OH is 1. The summed E-state index contributed by atoms with van der Waals surface area (Å²) in [5, 5.41) is 12.8. The Morgan fingerprint density at radius 3 is 2.22 bits per heavy atom. The van der Waals surface area contributed by atoms with Gasteiger partial charge in [0, 0.05) is 11.5 Å². The Morgan fingerprint density at radius 1 is 0.938 bits per heavy atom. The van der Waals surface area contributed by atoms with Crippen LogP contribution < -0.4 is 5.32 Å². The van der Waals surface area contributed by atoms with E-state index in [4.69, 9.17) is 0 Å². The summed E-state index contributed by atoms with van der Waals surface area (Å²) in [7, 11) is 0. The van der Waals surface area contributed by atoms with Crippen LogP contribution in [0.4, 0.5) is 30.7 Å². The third-order valence-electron chi connectivity index (χ3n) is 7.43. The summed E-state index contributed by atoms with van der Waals surface area (Å²) in [5.41, 5.74) is -6.04. The maximum Gasteiger partial charge on any atom is 0.435 e. The second-order valence-corrected chi connectivity index (χ2v) is 9.17. The van der Waals surface area contributed by atoms with Gasteiger partial charge in [0.05, 0.1) is 12.1 Å². The quantitative estimate of drug-likeness (QED) is 0.611. The number of aliphatic hydroxyl groups is 1. The molecule has 2 saturated carbocycles. The Morgan fingerprint density at radius 2 is 1.62 bits per heavy atom. The van der Waals surface area contributed by atoms with Gasteiger partial charge in [-0.15, -0.1) is 0 Å². The molecule has 0 aliphatic heterocycles. The Bertz CT molecular complexity index is 868. The molecule has 3 aliphatic carbocycles. The first kappa shape index (κ1) is 23.3. The zero-order chi connectivity index (χ0) is 23.5. The second kappa shape index (κ2) is 7.88. The van der Waals surface area contributed by atoms with Crippen LogP contribution in [0.15, 0.2) is 18.2 Å². The number of aryl methyl sites for hydroxylation is 1. The number of carbonyl (C=O) groups excluding carboxylic acids is 1. The molecule has 3 nitrogen and oxygen atoms in total. The molecule has 0 bridgehead atoms. The fraction of sp³-hybridized carbons (Fsp3) is 0.682. The number of hydrogen-bond acceptors (Lipinski definition) is 2. The van der Waals surface area contributed by atoms with Crippen LogP contribution in [0.25, 0.3) is 0 Å². The van der Waals surface area contributed by atoms with Crippen molar-refractivity contribution < 1.29 is 40.6 Å². The van der Waals surface area contributed by atoms with Crippen molar-refractivity contribution in [1.82, 2.24) is 5.32 Å². The number of amides is 1. The number of halogens is 7. The highest BCUT2D eigenvalue weighted by Crippen LogP contribution is 2.55. The van der Waals surface area contributed by atoms with Crippen molar-refractivity contribution in [2.75, 3.05) is 0 Å². The highest BCUT2D eigenvalue weighted by atomic mass is 19.4. The van der Waals surface area contributed by atoms with Gasteiger partial charge in [0.25, 0.3) is 0 Å². The van der Waals surface area contributed by atoms with Crippen LogP contribution in [0.1, 0.15) is 61.1 Å². The summed E-state index contributed by atoms with van der Waals surface area (Å²) in [5.74, 6) is -0.762. The van der Waals surface area contributed by atoms with Crippen LogP contribution in [-0.2, 0) is 16.9 Å². The highest BCUT2D eigenvalue weighted by molar-refractivity contribution is 5.80. The molecular weight excluding hydrogens is 443 g/mol. The molecule has 1 aromatic carbocycles. The van der Waals surface area contributed by atoms with E-state index in [0.29, 0.717) is 49.8 Å². The fourth-order valence-electron chi connectivity index (χ4n) is 5.79. The molecule has 4 rings (SSSR count). The number of nitrogens with one attached hydrogen (secondary N) is 1.